The molecule has 13 heavy (non-hydrogen) atoms. The van der Waals surface area contributed by atoms with Crippen LogP contribution in [0.15, 0.2) is 0 Å². The Labute approximate surface area is 82.9 Å². The van der Waals surface area contributed by atoms with Crippen molar-refractivity contribution in [2.75, 3.05) is 0 Å². The van der Waals surface area contributed by atoms with Crippen LogP contribution in [0.2, 0.25) is 0 Å². The molecule has 0 saturated carbocycles. The predicted octanol–water partition coefficient (Wildman–Crippen LogP) is 3.96. The van der Waals surface area contributed by atoms with Gasteiger partial charge in [-0.15, -0.1) is 0 Å². The summed E-state index contributed by atoms with van der Waals surface area (Å²) < 4.78 is 0. The van der Waals surface area contributed by atoms with Crippen LogP contribution in [0.1, 0.15) is 65.7 Å². The number of hydrogen-bond acceptors (Lipinski definition) is 1. The first kappa shape index (κ1) is 12.7. The van der Waals surface area contributed by atoms with Gasteiger partial charge in [-0.2, -0.15) is 0 Å². The summed E-state index contributed by atoms with van der Waals surface area (Å²) in [5, 5.41) is 0. The normalized spacial score (nSPS) is 12.8. The van der Waals surface area contributed by atoms with Crippen LogP contribution in [-0.2, 0) is 4.79 Å². The fourth-order valence-electron chi connectivity index (χ4n) is 1.38. The topological polar surface area (TPSA) is 17.1 Å². The Balaban J connectivity index is 3.30. The number of rotatable bonds is 8. The lowest BCUT2D eigenvalue weighted by molar-refractivity contribution is -0.120. The molecular weight excluding hydrogens is 160 g/mol. The minimum atomic E-state index is 0.463. The Hall–Kier alpha value is -0.330. The van der Waals surface area contributed by atoms with E-state index in [1.807, 2.05) is 0 Å². The Bertz CT molecular complexity index is 129. The van der Waals surface area contributed by atoms with Gasteiger partial charge in [-0.1, -0.05) is 46.5 Å². The smallest absolute Gasteiger partial charge is 0.133 e. The lowest BCUT2D eigenvalue weighted by Gasteiger charge is -2.06. The molecule has 0 rings (SSSR count). The summed E-state index contributed by atoms with van der Waals surface area (Å²) in [6.07, 6.45) is 7.58. The summed E-state index contributed by atoms with van der Waals surface area (Å²) in [6.45, 7) is 6.50. The minimum Gasteiger partial charge on any atom is -0.300 e. The number of carbonyl (C=O) groups excluding carboxylic acids is 1. The van der Waals surface area contributed by atoms with Gasteiger partial charge in [0, 0.05) is 12.8 Å². The molecule has 0 saturated heterocycles. The third-order valence-electron chi connectivity index (χ3n) is 2.58. The molecule has 0 aromatic rings. The maximum absolute atomic E-state index is 11.4. The van der Waals surface area contributed by atoms with E-state index in [1.165, 1.54) is 19.3 Å². The Morgan fingerprint density at radius 3 is 2.38 bits per heavy atom. The SMILES string of the molecule is CCCCCCC(=O)CC(C)CC. The summed E-state index contributed by atoms with van der Waals surface area (Å²) in [6, 6.07) is 0. The van der Waals surface area contributed by atoms with Gasteiger partial charge in [0.1, 0.15) is 5.78 Å². The second-order valence-corrected chi connectivity index (χ2v) is 4.07. The van der Waals surface area contributed by atoms with E-state index in [9.17, 15) is 4.79 Å². The molecule has 0 spiro atoms. The molecular formula is C12H24O. The van der Waals surface area contributed by atoms with Crippen LogP contribution in [0, 0.1) is 5.92 Å². The van der Waals surface area contributed by atoms with Gasteiger partial charge in [-0.05, 0) is 12.3 Å². The van der Waals surface area contributed by atoms with Crippen LogP contribution in [0.5, 0.6) is 0 Å². The van der Waals surface area contributed by atoms with E-state index >= 15 is 0 Å². The van der Waals surface area contributed by atoms with Gasteiger partial charge >= 0.3 is 0 Å². The zero-order valence-electron chi connectivity index (χ0n) is 9.44. The second kappa shape index (κ2) is 8.28. The van der Waals surface area contributed by atoms with Gasteiger partial charge in [-0.3, -0.25) is 4.79 Å². The van der Waals surface area contributed by atoms with Gasteiger partial charge < -0.3 is 0 Å². The molecule has 1 unspecified atom stereocenters. The number of hydrogen-bond donors (Lipinski definition) is 0. The fourth-order valence-corrected chi connectivity index (χ4v) is 1.38. The van der Waals surface area contributed by atoms with Crippen LogP contribution >= 0.6 is 0 Å². The summed E-state index contributed by atoms with van der Waals surface area (Å²) in [5.41, 5.74) is 0. The van der Waals surface area contributed by atoms with Crippen molar-refractivity contribution < 1.29 is 4.79 Å². The monoisotopic (exact) mass is 184 g/mol. The first-order chi connectivity index (χ1) is 6.20. The van der Waals surface area contributed by atoms with Crippen LogP contribution < -0.4 is 0 Å². The summed E-state index contributed by atoms with van der Waals surface area (Å²) >= 11 is 0. The second-order valence-electron chi connectivity index (χ2n) is 4.07. The molecule has 78 valence electrons. The van der Waals surface area contributed by atoms with Crippen molar-refractivity contribution in [3.8, 4) is 0 Å². The third kappa shape index (κ3) is 8.01. The average molecular weight is 184 g/mol. The van der Waals surface area contributed by atoms with E-state index in [4.69, 9.17) is 0 Å². The van der Waals surface area contributed by atoms with Gasteiger partial charge in [0.05, 0.1) is 0 Å². The van der Waals surface area contributed by atoms with Crippen molar-refractivity contribution in [2.24, 2.45) is 5.92 Å². The zero-order valence-corrected chi connectivity index (χ0v) is 9.44. The van der Waals surface area contributed by atoms with Crippen molar-refractivity contribution in [3.05, 3.63) is 0 Å². The van der Waals surface area contributed by atoms with Crippen LogP contribution in [0.4, 0.5) is 0 Å². The third-order valence-corrected chi connectivity index (χ3v) is 2.58. The minimum absolute atomic E-state index is 0.463. The fraction of sp³-hybridized carbons (Fsp3) is 0.917. The highest BCUT2D eigenvalue weighted by Crippen LogP contribution is 2.11. The van der Waals surface area contributed by atoms with E-state index in [2.05, 4.69) is 20.8 Å². The highest BCUT2D eigenvalue weighted by Gasteiger charge is 2.06. The first-order valence-corrected chi connectivity index (χ1v) is 5.72. The lowest BCUT2D eigenvalue weighted by atomic mass is 9.99. The molecule has 0 aromatic heterocycles. The molecule has 0 aliphatic rings. The Morgan fingerprint density at radius 1 is 1.15 bits per heavy atom. The largest absolute Gasteiger partial charge is 0.300 e. The molecule has 1 heteroatoms. The standard InChI is InChI=1S/C12H24O/c1-4-6-7-8-9-12(13)10-11(3)5-2/h11H,4-10H2,1-3H3. The maximum Gasteiger partial charge on any atom is 0.133 e. The van der Waals surface area contributed by atoms with Crippen LogP contribution in [0.3, 0.4) is 0 Å². The van der Waals surface area contributed by atoms with E-state index in [1.54, 1.807) is 0 Å². The molecule has 0 aliphatic heterocycles. The summed E-state index contributed by atoms with van der Waals surface area (Å²) in [5.74, 6) is 1.05. The molecule has 1 nitrogen and oxygen atoms in total. The number of unbranched alkanes of at least 4 members (excludes halogenated alkanes) is 3. The average Bonchev–Trinajstić information content (AvgIpc) is 2.12. The molecule has 0 aliphatic carbocycles. The molecule has 1 atom stereocenters. The lowest BCUT2D eigenvalue weighted by Crippen LogP contribution is -2.04. The van der Waals surface area contributed by atoms with Crippen LogP contribution in [-0.4, -0.2) is 5.78 Å². The zero-order chi connectivity index (χ0) is 10.1. The van der Waals surface area contributed by atoms with Crippen molar-refractivity contribution in [3.63, 3.8) is 0 Å². The van der Waals surface area contributed by atoms with E-state index in [0.717, 1.165) is 25.7 Å². The number of carbonyl (C=O) groups is 1. The molecule has 0 fully saturated rings. The summed E-state index contributed by atoms with van der Waals surface area (Å²) in [4.78, 5) is 11.4. The number of ketones is 1. The maximum atomic E-state index is 11.4. The van der Waals surface area contributed by atoms with Gasteiger partial charge in [0.2, 0.25) is 0 Å². The van der Waals surface area contributed by atoms with Crippen molar-refractivity contribution in [1.29, 1.82) is 0 Å². The quantitative estimate of drug-likeness (QED) is 0.522. The first-order valence-electron chi connectivity index (χ1n) is 5.72. The predicted molar refractivity (Wildman–Crippen MR) is 57.8 cm³/mol. The summed E-state index contributed by atoms with van der Waals surface area (Å²) in [7, 11) is 0. The van der Waals surface area contributed by atoms with Gasteiger partial charge in [0.15, 0.2) is 0 Å². The Morgan fingerprint density at radius 2 is 1.85 bits per heavy atom. The van der Waals surface area contributed by atoms with Crippen LogP contribution in [0.25, 0.3) is 0 Å². The van der Waals surface area contributed by atoms with E-state index in [0.29, 0.717) is 11.7 Å². The molecule has 0 heterocycles. The van der Waals surface area contributed by atoms with Gasteiger partial charge in [-0.25, -0.2) is 0 Å². The van der Waals surface area contributed by atoms with Crippen molar-refractivity contribution >= 4 is 5.78 Å². The molecule has 0 bridgehead atoms. The highest BCUT2D eigenvalue weighted by molar-refractivity contribution is 5.78. The van der Waals surface area contributed by atoms with Crippen molar-refractivity contribution in [2.45, 2.75) is 65.7 Å². The van der Waals surface area contributed by atoms with Gasteiger partial charge in [0.25, 0.3) is 0 Å². The van der Waals surface area contributed by atoms with Crippen molar-refractivity contribution in [1.82, 2.24) is 0 Å². The number of Topliss-reactive ketones (excluding diaryl/α,β-unsaturated/α-hetero) is 1. The van der Waals surface area contributed by atoms with E-state index < -0.39 is 0 Å². The van der Waals surface area contributed by atoms with E-state index in [-0.39, 0.29) is 0 Å². The molecule has 0 radical (unpaired) electrons. The molecule has 0 N–H and O–H groups in total. The molecule has 0 aromatic carbocycles. The Kier molecular flexibility index (Phi) is 8.07. The molecule has 0 amide bonds. The highest BCUT2D eigenvalue weighted by atomic mass is 16.1.